The molecule has 1 fully saturated rings. The highest BCUT2D eigenvalue weighted by atomic mass is 32.1. The summed E-state index contributed by atoms with van der Waals surface area (Å²) in [4.78, 5) is 30.2. The Morgan fingerprint density at radius 1 is 1.29 bits per heavy atom. The summed E-state index contributed by atoms with van der Waals surface area (Å²) in [5.74, 6) is -0.216. The largest absolute Gasteiger partial charge is 0.334 e. The lowest BCUT2D eigenvalue weighted by molar-refractivity contribution is -0.114. The van der Waals surface area contributed by atoms with Gasteiger partial charge in [-0.25, -0.2) is 4.98 Å². The Kier molecular flexibility index (Phi) is 5.25. The number of hydrogen-bond acceptors (Lipinski definition) is 4. The smallest absolute Gasteiger partial charge is 0.273 e. The van der Waals surface area contributed by atoms with Crippen LogP contribution >= 0.6 is 11.3 Å². The number of rotatable bonds is 4. The van der Waals surface area contributed by atoms with Gasteiger partial charge in [0.05, 0.1) is 0 Å². The Balaban J connectivity index is 1.73. The predicted molar refractivity (Wildman–Crippen MR) is 95.2 cm³/mol. The summed E-state index contributed by atoms with van der Waals surface area (Å²) in [5.41, 5.74) is 1.67. The van der Waals surface area contributed by atoms with E-state index in [1.54, 1.807) is 5.38 Å². The first-order chi connectivity index (χ1) is 11.6. The molecule has 6 heteroatoms. The third kappa shape index (κ3) is 4.00. The minimum atomic E-state index is -0.178. The summed E-state index contributed by atoms with van der Waals surface area (Å²) in [6.07, 6.45) is 4.06. The van der Waals surface area contributed by atoms with E-state index >= 15 is 0 Å². The molecule has 126 valence electrons. The molecule has 1 saturated heterocycles. The lowest BCUT2D eigenvalue weighted by atomic mass is 9.95. The minimum Gasteiger partial charge on any atom is -0.334 e. The number of benzene rings is 1. The lowest BCUT2D eigenvalue weighted by Crippen LogP contribution is -2.45. The number of piperidine rings is 1. The normalized spacial score (nSPS) is 17.5. The lowest BCUT2D eigenvalue weighted by Gasteiger charge is -2.35. The fourth-order valence-corrected chi connectivity index (χ4v) is 3.82. The zero-order valence-corrected chi connectivity index (χ0v) is 14.5. The first-order valence-corrected chi connectivity index (χ1v) is 9.09. The van der Waals surface area contributed by atoms with Crippen molar-refractivity contribution < 1.29 is 9.59 Å². The zero-order chi connectivity index (χ0) is 16.9. The van der Waals surface area contributed by atoms with Crippen molar-refractivity contribution in [1.82, 2.24) is 9.88 Å². The van der Waals surface area contributed by atoms with Crippen LogP contribution in [0.4, 0.5) is 5.13 Å². The third-order valence-corrected chi connectivity index (χ3v) is 4.97. The molecule has 1 aromatic heterocycles. The van der Waals surface area contributed by atoms with E-state index in [1.165, 1.54) is 23.8 Å². The summed E-state index contributed by atoms with van der Waals surface area (Å²) in [6, 6.07) is 10.5. The topological polar surface area (TPSA) is 62.3 Å². The summed E-state index contributed by atoms with van der Waals surface area (Å²) in [6.45, 7) is 2.20. The Morgan fingerprint density at radius 3 is 2.83 bits per heavy atom. The zero-order valence-electron chi connectivity index (χ0n) is 13.7. The van der Waals surface area contributed by atoms with Gasteiger partial charge in [0.25, 0.3) is 5.91 Å². The van der Waals surface area contributed by atoms with Crippen molar-refractivity contribution in [3.8, 4) is 0 Å². The van der Waals surface area contributed by atoms with Gasteiger partial charge in [-0.3, -0.25) is 9.59 Å². The van der Waals surface area contributed by atoms with Crippen LogP contribution in [0.15, 0.2) is 35.7 Å². The molecule has 2 amide bonds. The second kappa shape index (κ2) is 7.57. The molecule has 0 aliphatic carbocycles. The van der Waals surface area contributed by atoms with Crippen LogP contribution < -0.4 is 5.32 Å². The van der Waals surface area contributed by atoms with Gasteiger partial charge in [-0.05, 0) is 31.2 Å². The van der Waals surface area contributed by atoms with Crippen molar-refractivity contribution >= 4 is 28.3 Å². The molecule has 0 unspecified atom stereocenters. The quantitative estimate of drug-likeness (QED) is 0.926. The number of amides is 2. The molecule has 1 aliphatic rings. The summed E-state index contributed by atoms with van der Waals surface area (Å²) >= 11 is 1.28. The highest BCUT2D eigenvalue weighted by Crippen LogP contribution is 2.24. The number of anilines is 1. The van der Waals surface area contributed by atoms with E-state index in [4.69, 9.17) is 0 Å². The molecule has 1 atom stereocenters. The highest BCUT2D eigenvalue weighted by molar-refractivity contribution is 7.14. The van der Waals surface area contributed by atoms with Gasteiger partial charge in [-0.1, -0.05) is 30.3 Å². The fraction of sp³-hybridized carbons (Fsp3) is 0.389. The molecule has 1 N–H and O–H groups in total. The molecule has 2 aromatic rings. The summed E-state index contributed by atoms with van der Waals surface area (Å²) in [7, 11) is 0. The molecule has 1 aromatic carbocycles. The van der Waals surface area contributed by atoms with E-state index < -0.39 is 0 Å². The molecule has 24 heavy (non-hydrogen) atoms. The van der Waals surface area contributed by atoms with Crippen molar-refractivity contribution in [3.63, 3.8) is 0 Å². The van der Waals surface area contributed by atoms with E-state index in [2.05, 4.69) is 22.4 Å². The maximum absolute atomic E-state index is 12.9. The summed E-state index contributed by atoms with van der Waals surface area (Å²) < 4.78 is 0. The molecular formula is C18H21N3O2S. The number of nitrogens with zero attached hydrogens (tertiary/aromatic N) is 2. The van der Waals surface area contributed by atoms with Gasteiger partial charge >= 0.3 is 0 Å². The number of thiazole rings is 1. The highest BCUT2D eigenvalue weighted by Gasteiger charge is 2.29. The number of carbonyl (C=O) groups excluding carboxylic acids is 2. The monoisotopic (exact) mass is 343 g/mol. The molecule has 2 heterocycles. The molecule has 1 aliphatic heterocycles. The standard InChI is InChI=1S/C18H21N3O2S/c1-13(22)19-18-20-16(12-24-18)17(23)21-10-6-5-9-15(21)11-14-7-3-2-4-8-14/h2-4,7-8,12,15H,5-6,9-11H2,1H3,(H,19,20,22)/t15-/m1/s1. The van der Waals surface area contributed by atoms with Crippen molar-refractivity contribution in [1.29, 1.82) is 0 Å². The number of hydrogen-bond donors (Lipinski definition) is 1. The van der Waals surface area contributed by atoms with Crippen molar-refractivity contribution in [2.45, 2.75) is 38.6 Å². The molecule has 0 bridgehead atoms. The maximum atomic E-state index is 12.9. The molecule has 0 radical (unpaired) electrons. The van der Waals surface area contributed by atoms with E-state index in [9.17, 15) is 9.59 Å². The average Bonchev–Trinajstić information content (AvgIpc) is 3.03. The Labute approximate surface area is 145 Å². The van der Waals surface area contributed by atoms with Crippen LogP contribution in [0.2, 0.25) is 0 Å². The van der Waals surface area contributed by atoms with Crippen molar-refractivity contribution in [2.75, 3.05) is 11.9 Å². The average molecular weight is 343 g/mol. The first kappa shape index (κ1) is 16.6. The van der Waals surface area contributed by atoms with Crippen LogP contribution in [0.1, 0.15) is 42.2 Å². The molecule has 5 nitrogen and oxygen atoms in total. The Hall–Kier alpha value is -2.21. The molecule has 3 rings (SSSR count). The van der Waals surface area contributed by atoms with Crippen LogP contribution in [0, 0.1) is 0 Å². The van der Waals surface area contributed by atoms with Gasteiger partial charge in [0.15, 0.2) is 5.13 Å². The molecular weight excluding hydrogens is 322 g/mol. The number of likely N-dealkylation sites (tertiary alicyclic amines) is 1. The SMILES string of the molecule is CC(=O)Nc1nc(C(=O)N2CCCC[C@@H]2Cc2ccccc2)cs1. The Bertz CT molecular complexity index is 714. The van der Waals surface area contributed by atoms with Gasteiger partial charge in [-0.15, -0.1) is 11.3 Å². The molecule has 0 spiro atoms. The predicted octanol–water partition coefficient (Wildman–Crippen LogP) is 3.34. The number of carbonyl (C=O) groups is 2. The minimum absolute atomic E-state index is 0.0384. The Morgan fingerprint density at radius 2 is 2.08 bits per heavy atom. The van der Waals surface area contributed by atoms with Crippen molar-refractivity contribution in [3.05, 3.63) is 47.0 Å². The van der Waals surface area contributed by atoms with Crippen LogP contribution in [0.5, 0.6) is 0 Å². The van der Waals surface area contributed by atoms with Crippen LogP contribution in [0.3, 0.4) is 0 Å². The molecule has 0 saturated carbocycles. The van der Waals surface area contributed by atoms with Crippen LogP contribution in [-0.2, 0) is 11.2 Å². The third-order valence-electron chi connectivity index (χ3n) is 4.21. The number of aromatic nitrogens is 1. The number of nitrogens with one attached hydrogen (secondary N) is 1. The van der Waals surface area contributed by atoms with Crippen LogP contribution in [-0.4, -0.2) is 34.3 Å². The van der Waals surface area contributed by atoms with E-state index in [0.29, 0.717) is 10.8 Å². The second-order valence-electron chi connectivity index (χ2n) is 6.06. The van der Waals surface area contributed by atoms with Crippen molar-refractivity contribution in [2.24, 2.45) is 0 Å². The van der Waals surface area contributed by atoms with Gasteiger partial charge in [0.1, 0.15) is 5.69 Å². The maximum Gasteiger partial charge on any atom is 0.273 e. The van der Waals surface area contributed by atoms with E-state index in [1.807, 2.05) is 23.1 Å². The van der Waals surface area contributed by atoms with E-state index in [-0.39, 0.29) is 17.9 Å². The van der Waals surface area contributed by atoms with Gasteiger partial charge in [0.2, 0.25) is 5.91 Å². The summed E-state index contributed by atoms with van der Waals surface area (Å²) in [5, 5.41) is 4.83. The van der Waals surface area contributed by atoms with Gasteiger partial charge in [0, 0.05) is 24.9 Å². The fourth-order valence-electron chi connectivity index (χ4n) is 3.09. The first-order valence-electron chi connectivity index (χ1n) is 8.21. The van der Waals surface area contributed by atoms with Crippen LogP contribution in [0.25, 0.3) is 0 Å². The van der Waals surface area contributed by atoms with E-state index in [0.717, 1.165) is 32.2 Å². The van der Waals surface area contributed by atoms with Gasteiger partial charge < -0.3 is 10.2 Å². The van der Waals surface area contributed by atoms with Gasteiger partial charge in [-0.2, -0.15) is 0 Å². The second-order valence-corrected chi connectivity index (χ2v) is 6.92.